The van der Waals surface area contributed by atoms with Gasteiger partial charge >= 0.3 is 0 Å². The molecule has 10 heteroatoms. The summed E-state index contributed by atoms with van der Waals surface area (Å²) in [6.07, 6.45) is 0.873. The van der Waals surface area contributed by atoms with Gasteiger partial charge in [-0.2, -0.15) is 0 Å². The highest BCUT2D eigenvalue weighted by molar-refractivity contribution is 6.71. The lowest BCUT2D eigenvalue weighted by molar-refractivity contribution is -0.0281. The van der Waals surface area contributed by atoms with E-state index in [0.29, 0.717) is 6.61 Å². The topological polar surface area (TPSA) is 58.5 Å². The first-order valence-electron chi connectivity index (χ1n) is 10.1. The van der Waals surface area contributed by atoms with Gasteiger partial charge in [0.1, 0.15) is 19.3 Å². The van der Waals surface area contributed by atoms with Gasteiger partial charge in [-0.1, -0.05) is 5.16 Å². The summed E-state index contributed by atoms with van der Waals surface area (Å²) in [5.41, 5.74) is 0. The van der Waals surface area contributed by atoms with Gasteiger partial charge in [0.25, 0.3) is 0 Å². The molecule has 0 radical (unpaired) electrons. The van der Waals surface area contributed by atoms with Crippen molar-refractivity contribution in [3.05, 3.63) is 0 Å². The fourth-order valence-corrected chi connectivity index (χ4v) is 6.34. The van der Waals surface area contributed by atoms with E-state index in [1.54, 1.807) is 13.3 Å². The van der Waals surface area contributed by atoms with Gasteiger partial charge in [0.2, 0.25) is 0 Å². The quantitative estimate of drug-likeness (QED) is 0.213. The van der Waals surface area contributed by atoms with E-state index in [1.165, 1.54) is 0 Å². The van der Waals surface area contributed by atoms with Gasteiger partial charge in [-0.25, -0.2) is 0 Å². The van der Waals surface area contributed by atoms with Crippen LogP contribution in [0.5, 0.6) is 0 Å². The molecule has 0 spiro atoms. The van der Waals surface area contributed by atoms with Crippen LogP contribution in [0.15, 0.2) is 5.16 Å². The van der Waals surface area contributed by atoms with E-state index in [4.69, 9.17) is 22.5 Å². The van der Waals surface area contributed by atoms with Crippen LogP contribution >= 0.6 is 0 Å². The summed E-state index contributed by atoms with van der Waals surface area (Å²) in [5, 5.41) is 4.03. The fraction of sp³-hybridized carbons (Fsp3) is 0.944. The average molecular weight is 468 g/mol. The molecule has 0 fully saturated rings. The lowest BCUT2D eigenvalue weighted by atomic mass is 10.1. The van der Waals surface area contributed by atoms with Gasteiger partial charge in [-0.15, -0.1) is 0 Å². The van der Waals surface area contributed by atoms with E-state index < -0.39 is 33.3 Å². The summed E-state index contributed by atoms with van der Waals surface area (Å²) in [7, 11) is -5.75. The summed E-state index contributed by atoms with van der Waals surface area (Å²) in [4.78, 5) is 4.97. The highest BCUT2D eigenvalue weighted by Gasteiger charge is 2.40. The Balaban J connectivity index is 6.01. The SMILES string of the molecule is CO/N=C/C(O[Si](C)(C)C)C(O[Si](C)(C)C)C(CO[Si](C)(C)C)O[Si](C)(C)C. The molecule has 0 bridgehead atoms. The number of rotatable bonds is 13. The minimum absolute atomic E-state index is 0.213. The molecule has 0 aliphatic heterocycles. The van der Waals surface area contributed by atoms with Crippen LogP contribution in [0.25, 0.3) is 0 Å². The van der Waals surface area contributed by atoms with Gasteiger partial charge in [0.15, 0.2) is 33.3 Å². The number of oxime groups is 1. The zero-order valence-electron chi connectivity index (χ0n) is 20.5. The lowest BCUT2D eigenvalue weighted by Crippen LogP contribution is -2.55. The first-order valence-corrected chi connectivity index (χ1v) is 23.7. The van der Waals surface area contributed by atoms with Crippen molar-refractivity contribution in [2.75, 3.05) is 13.7 Å². The van der Waals surface area contributed by atoms with Crippen LogP contribution in [0.3, 0.4) is 0 Å². The molecule has 0 saturated carbocycles. The molecule has 0 saturated heterocycles. The van der Waals surface area contributed by atoms with Gasteiger partial charge in [0, 0.05) is 0 Å². The van der Waals surface area contributed by atoms with E-state index in [1.807, 2.05) is 0 Å². The van der Waals surface area contributed by atoms with Gasteiger partial charge in [-0.05, 0) is 78.6 Å². The molecule has 0 aromatic rings. The van der Waals surface area contributed by atoms with Crippen molar-refractivity contribution in [2.24, 2.45) is 5.16 Å². The van der Waals surface area contributed by atoms with E-state index in [-0.39, 0.29) is 18.3 Å². The predicted octanol–water partition coefficient (Wildman–Crippen LogP) is 5.13. The van der Waals surface area contributed by atoms with Crippen molar-refractivity contribution in [3.63, 3.8) is 0 Å². The minimum atomic E-state index is -1.89. The molecule has 0 amide bonds. The smallest absolute Gasteiger partial charge is 0.184 e. The summed E-state index contributed by atoms with van der Waals surface area (Å²) < 4.78 is 26.0. The maximum atomic E-state index is 6.64. The van der Waals surface area contributed by atoms with Crippen LogP contribution in [0.1, 0.15) is 0 Å². The van der Waals surface area contributed by atoms with Crippen LogP contribution in [0.4, 0.5) is 0 Å². The minimum Gasteiger partial charge on any atom is -0.415 e. The Labute approximate surface area is 177 Å². The third-order valence-electron chi connectivity index (χ3n) is 3.17. The second kappa shape index (κ2) is 11.0. The van der Waals surface area contributed by atoms with Crippen molar-refractivity contribution < 1.29 is 22.5 Å². The maximum absolute atomic E-state index is 6.64. The van der Waals surface area contributed by atoms with Crippen molar-refractivity contribution in [1.82, 2.24) is 0 Å². The van der Waals surface area contributed by atoms with E-state index in [2.05, 4.69) is 83.7 Å². The van der Waals surface area contributed by atoms with Gasteiger partial charge in [-0.3, -0.25) is 0 Å². The Morgan fingerprint density at radius 3 is 1.50 bits per heavy atom. The molecular formula is C18H45NO5Si4. The number of hydrogen-bond donors (Lipinski definition) is 0. The Morgan fingerprint density at radius 2 is 1.14 bits per heavy atom. The second-order valence-corrected chi connectivity index (χ2v) is 28.9. The van der Waals surface area contributed by atoms with E-state index in [0.717, 1.165) is 0 Å². The third kappa shape index (κ3) is 15.1. The largest absolute Gasteiger partial charge is 0.415 e. The van der Waals surface area contributed by atoms with Gasteiger partial charge in [0.05, 0.1) is 18.9 Å². The summed E-state index contributed by atoms with van der Waals surface area (Å²) in [6, 6.07) is 0. The fourth-order valence-electron chi connectivity index (χ4n) is 2.46. The number of hydrogen-bond acceptors (Lipinski definition) is 6. The molecular weight excluding hydrogens is 423 g/mol. The summed E-state index contributed by atoms with van der Waals surface area (Å²) in [6.45, 7) is 26.7. The Morgan fingerprint density at radius 1 is 0.679 bits per heavy atom. The molecule has 168 valence electrons. The molecule has 0 rings (SSSR count). The van der Waals surface area contributed by atoms with Crippen LogP contribution < -0.4 is 0 Å². The Hall–Kier alpha value is 0.178. The van der Waals surface area contributed by atoms with Crippen LogP contribution in [0.2, 0.25) is 78.6 Å². The third-order valence-corrected chi connectivity index (χ3v) is 7.17. The zero-order valence-corrected chi connectivity index (χ0v) is 24.5. The first-order chi connectivity index (χ1) is 12.3. The van der Waals surface area contributed by atoms with Crippen molar-refractivity contribution in [2.45, 2.75) is 96.9 Å². The van der Waals surface area contributed by atoms with Crippen molar-refractivity contribution >= 4 is 39.5 Å². The van der Waals surface area contributed by atoms with Gasteiger partial charge < -0.3 is 22.5 Å². The summed E-state index contributed by atoms with van der Waals surface area (Å²) >= 11 is 0. The molecule has 3 unspecified atom stereocenters. The summed E-state index contributed by atoms with van der Waals surface area (Å²) in [5.74, 6) is 0. The molecule has 3 atom stereocenters. The lowest BCUT2D eigenvalue weighted by Gasteiger charge is -2.41. The molecule has 0 aromatic carbocycles. The molecule has 0 aliphatic carbocycles. The van der Waals surface area contributed by atoms with E-state index in [9.17, 15) is 0 Å². The monoisotopic (exact) mass is 467 g/mol. The van der Waals surface area contributed by atoms with Crippen molar-refractivity contribution in [3.8, 4) is 0 Å². The van der Waals surface area contributed by atoms with Crippen LogP contribution in [-0.2, 0) is 22.5 Å². The highest BCUT2D eigenvalue weighted by atomic mass is 28.4. The van der Waals surface area contributed by atoms with Crippen LogP contribution in [0, 0.1) is 0 Å². The molecule has 0 aliphatic rings. The standard InChI is InChI=1S/C18H45NO5Si4/c1-20-19-14-16(22-26(5,6)7)18(24-28(11,12)13)17(23-27(8,9)10)15-21-25(2,3)4/h14,16-18H,15H2,1-13H3/b19-14+. The predicted molar refractivity (Wildman–Crippen MR) is 129 cm³/mol. The molecule has 0 aromatic heterocycles. The maximum Gasteiger partial charge on any atom is 0.184 e. The Bertz CT molecular complexity index is 478. The molecule has 6 nitrogen and oxygen atoms in total. The molecule has 0 heterocycles. The Kier molecular flexibility index (Phi) is 11.1. The second-order valence-electron chi connectivity index (χ2n) is 11.0. The molecule has 28 heavy (non-hydrogen) atoms. The van der Waals surface area contributed by atoms with Crippen LogP contribution in [-0.4, -0.2) is 71.5 Å². The highest BCUT2D eigenvalue weighted by Crippen LogP contribution is 2.24. The van der Waals surface area contributed by atoms with E-state index >= 15 is 0 Å². The zero-order chi connectivity index (χ0) is 22.4. The average Bonchev–Trinajstić information content (AvgIpc) is 2.41. The normalized spacial score (nSPS) is 17.6. The number of nitrogens with zero attached hydrogens (tertiary/aromatic N) is 1. The molecule has 0 N–H and O–H groups in total. The first kappa shape index (κ1) is 28.2. The van der Waals surface area contributed by atoms with Crippen molar-refractivity contribution in [1.29, 1.82) is 0 Å².